The first-order valence-electron chi connectivity index (χ1n) is 19.4. The molecule has 2 aromatic carbocycles. The number of benzene rings is 2. The van der Waals surface area contributed by atoms with Crippen molar-refractivity contribution in [3.8, 4) is 17.2 Å². The Morgan fingerprint density at radius 3 is 1.91 bits per heavy atom. The molecule has 7 rings (SSSR count). The van der Waals surface area contributed by atoms with E-state index in [2.05, 4.69) is 0 Å². The number of aromatic hydroxyl groups is 3. The predicted octanol–water partition coefficient (Wildman–Crippen LogP) is 1.40. The van der Waals surface area contributed by atoms with Gasteiger partial charge in [0.25, 0.3) is 0 Å². The molecule has 314 valence electrons. The van der Waals surface area contributed by atoms with E-state index in [1.54, 1.807) is 27.7 Å². The van der Waals surface area contributed by atoms with Crippen molar-refractivity contribution in [2.75, 3.05) is 14.1 Å². The van der Waals surface area contributed by atoms with Crippen LogP contribution in [0.4, 0.5) is 0 Å². The zero-order valence-electron chi connectivity index (χ0n) is 32.6. The lowest BCUT2D eigenvalue weighted by atomic mass is 9.70. The summed E-state index contributed by atoms with van der Waals surface area (Å²) in [6.45, 7) is 6.73. The van der Waals surface area contributed by atoms with Gasteiger partial charge in [-0.2, -0.15) is 0 Å². The molecule has 2 aliphatic carbocycles. The number of phenols is 3. The standard InChI is InChI=1S/C40H53NO16/c1-7-40(51)14-23(28-31(39(40)50)36(49)29-30(35(28)48)34(47)27-18(33(29)46)9-8-10-20(27)42)55-24-11-19(41(5)6)37(16(3)53-24)56-26-13-22(44)38(17(4)54-26)57-25-12-21(43)32(45)15(2)52-25/h8-10,15-17,19,21-26,32,37-39,42-45,48-51H,7,11-14H2,1-6H3/t15-,16-,17-,19-,21-,22-,23?,24?,25?,26?,32+,37?,38?,39?,40+/m0/s1. The molecule has 7 unspecified atom stereocenters. The number of ether oxygens (including phenoxy) is 6. The third kappa shape index (κ3) is 7.25. The summed E-state index contributed by atoms with van der Waals surface area (Å²) in [7, 11) is 3.67. The van der Waals surface area contributed by atoms with E-state index in [1.807, 2.05) is 19.0 Å². The molecule has 17 nitrogen and oxygen atoms in total. The maximum absolute atomic E-state index is 13.8. The van der Waals surface area contributed by atoms with E-state index < -0.39 is 125 Å². The van der Waals surface area contributed by atoms with Crippen molar-refractivity contribution in [1.82, 2.24) is 4.90 Å². The number of ketones is 2. The Morgan fingerprint density at radius 1 is 0.737 bits per heavy atom. The van der Waals surface area contributed by atoms with Gasteiger partial charge in [0.1, 0.15) is 41.7 Å². The molecule has 3 heterocycles. The molecule has 0 amide bonds. The number of hydrogen-bond donors (Lipinski definition) is 8. The highest BCUT2D eigenvalue weighted by molar-refractivity contribution is 6.31. The summed E-state index contributed by atoms with van der Waals surface area (Å²) in [6.07, 6.45) is -12.3. The molecule has 3 aliphatic heterocycles. The third-order valence-corrected chi connectivity index (χ3v) is 12.3. The molecule has 0 aromatic heterocycles. The van der Waals surface area contributed by atoms with E-state index in [-0.39, 0.29) is 60.4 Å². The largest absolute Gasteiger partial charge is 0.507 e. The Labute approximate surface area is 329 Å². The van der Waals surface area contributed by atoms with Crippen molar-refractivity contribution in [3.05, 3.63) is 51.6 Å². The van der Waals surface area contributed by atoms with Crippen molar-refractivity contribution in [3.63, 3.8) is 0 Å². The topological polar surface area (TPSA) is 255 Å². The number of aliphatic hydroxyl groups is 5. The van der Waals surface area contributed by atoms with Gasteiger partial charge in [-0.15, -0.1) is 0 Å². The minimum Gasteiger partial charge on any atom is -0.507 e. The Bertz CT molecular complexity index is 1850. The number of fused-ring (bicyclic) bond motifs is 3. The predicted molar refractivity (Wildman–Crippen MR) is 195 cm³/mol. The lowest BCUT2D eigenvalue weighted by Gasteiger charge is -2.48. The second-order valence-electron chi connectivity index (χ2n) is 16.2. The monoisotopic (exact) mass is 803 g/mol. The van der Waals surface area contributed by atoms with Crippen molar-refractivity contribution in [1.29, 1.82) is 0 Å². The molecule has 0 radical (unpaired) electrons. The van der Waals surface area contributed by atoms with Crippen LogP contribution < -0.4 is 0 Å². The molecule has 3 saturated heterocycles. The molecule has 57 heavy (non-hydrogen) atoms. The van der Waals surface area contributed by atoms with Crippen LogP contribution in [-0.4, -0.2) is 151 Å². The van der Waals surface area contributed by atoms with Crippen LogP contribution in [-0.2, 0) is 28.4 Å². The van der Waals surface area contributed by atoms with Crippen LogP contribution in [0.3, 0.4) is 0 Å². The quantitative estimate of drug-likeness (QED) is 0.150. The fraction of sp³-hybridized carbons (Fsp3) is 0.650. The van der Waals surface area contributed by atoms with Crippen molar-refractivity contribution in [2.24, 2.45) is 0 Å². The first-order chi connectivity index (χ1) is 26.9. The van der Waals surface area contributed by atoms with Crippen LogP contribution in [0, 0.1) is 0 Å². The molecule has 15 atom stereocenters. The van der Waals surface area contributed by atoms with Gasteiger partial charge >= 0.3 is 0 Å². The van der Waals surface area contributed by atoms with Gasteiger partial charge < -0.3 is 74.2 Å². The highest BCUT2D eigenvalue weighted by Crippen LogP contribution is 2.56. The maximum atomic E-state index is 13.8. The molecule has 5 aliphatic rings. The SMILES string of the molecule is CC[C@@]1(O)CC(OC2C[C@H](N(C)C)C(OC3C[C@H](O)C(OC4C[C@H](O)[C@H](O)[C@H](C)O4)[C@H](C)O3)[C@H](C)O2)c2c(O)c3c(c(O)c2C1O)C(=O)c1cccc(O)c1C3=O. The molecule has 0 spiro atoms. The molecule has 3 fully saturated rings. The van der Waals surface area contributed by atoms with Gasteiger partial charge in [-0.05, 0) is 47.4 Å². The molecule has 0 saturated carbocycles. The number of rotatable bonds is 8. The number of carbonyl (C=O) groups is 2. The minimum absolute atomic E-state index is 0.0120. The van der Waals surface area contributed by atoms with Crippen LogP contribution in [0.5, 0.6) is 17.2 Å². The highest BCUT2D eigenvalue weighted by atomic mass is 16.7. The molecular weight excluding hydrogens is 750 g/mol. The Kier molecular flexibility index (Phi) is 11.5. The van der Waals surface area contributed by atoms with Gasteiger partial charge in [-0.25, -0.2) is 0 Å². The van der Waals surface area contributed by atoms with E-state index in [4.69, 9.17) is 28.4 Å². The van der Waals surface area contributed by atoms with Gasteiger partial charge in [0.15, 0.2) is 24.7 Å². The third-order valence-electron chi connectivity index (χ3n) is 12.3. The lowest BCUT2D eigenvalue weighted by molar-refractivity contribution is -0.332. The summed E-state index contributed by atoms with van der Waals surface area (Å²) in [5, 5.41) is 88.5. The lowest BCUT2D eigenvalue weighted by Crippen LogP contribution is -2.58. The number of nitrogens with zero attached hydrogens (tertiary/aromatic N) is 1. The van der Waals surface area contributed by atoms with Crippen molar-refractivity contribution >= 4 is 11.6 Å². The average Bonchev–Trinajstić information content (AvgIpc) is 3.14. The van der Waals surface area contributed by atoms with E-state index in [9.17, 15) is 50.4 Å². The zero-order valence-corrected chi connectivity index (χ0v) is 32.6. The second kappa shape index (κ2) is 15.7. The van der Waals surface area contributed by atoms with E-state index in [0.717, 1.165) is 0 Å². The number of aliphatic hydroxyl groups excluding tert-OH is 4. The molecular formula is C40H53NO16. The molecule has 17 heteroatoms. The number of likely N-dealkylation sites (N-methyl/N-ethyl adjacent to an activating group) is 1. The van der Waals surface area contributed by atoms with E-state index >= 15 is 0 Å². The summed E-state index contributed by atoms with van der Waals surface area (Å²) < 4.78 is 37.1. The fourth-order valence-corrected chi connectivity index (χ4v) is 9.05. The minimum atomic E-state index is -1.89. The molecule has 8 N–H and O–H groups in total. The van der Waals surface area contributed by atoms with E-state index in [0.29, 0.717) is 0 Å². The molecule has 2 aromatic rings. The van der Waals surface area contributed by atoms with Gasteiger partial charge in [0.05, 0.1) is 58.9 Å². The van der Waals surface area contributed by atoms with Gasteiger partial charge in [-0.3, -0.25) is 9.59 Å². The Balaban J connectivity index is 1.11. The first-order valence-corrected chi connectivity index (χ1v) is 19.4. The Morgan fingerprint density at radius 2 is 1.30 bits per heavy atom. The number of hydrogen-bond acceptors (Lipinski definition) is 17. The Hall–Kier alpha value is -3.30. The van der Waals surface area contributed by atoms with Crippen LogP contribution in [0.25, 0.3) is 0 Å². The second-order valence-corrected chi connectivity index (χ2v) is 16.2. The van der Waals surface area contributed by atoms with Gasteiger partial charge in [0, 0.05) is 48.4 Å². The fourth-order valence-electron chi connectivity index (χ4n) is 9.05. The summed E-state index contributed by atoms with van der Waals surface area (Å²) in [4.78, 5) is 29.4. The normalized spacial score (nSPS) is 39.4. The van der Waals surface area contributed by atoms with Crippen LogP contribution in [0.15, 0.2) is 18.2 Å². The zero-order chi connectivity index (χ0) is 41.4. The van der Waals surface area contributed by atoms with Gasteiger partial charge in [-0.1, -0.05) is 19.1 Å². The van der Waals surface area contributed by atoms with Crippen LogP contribution >= 0.6 is 0 Å². The van der Waals surface area contributed by atoms with Crippen molar-refractivity contribution in [2.45, 2.75) is 151 Å². The maximum Gasteiger partial charge on any atom is 0.202 e. The molecule has 0 bridgehead atoms. The van der Waals surface area contributed by atoms with Gasteiger partial charge in [0.2, 0.25) is 5.78 Å². The van der Waals surface area contributed by atoms with Crippen molar-refractivity contribution < 1.29 is 78.9 Å². The smallest absolute Gasteiger partial charge is 0.202 e. The first kappa shape index (κ1) is 41.8. The summed E-state index contributed by atoms with van der Waals surface area (Å²) in [5.74, 6) is -3.77. The van der Waals surface area contributed by atoms with Crippen LogP contribution in [0.2, 0.25) is 0 Å². The summed E-state index contributed by atoms with van der Waals surface area (Å²) >= 11 is 0. The summed E-state index contributed by atoms with van der Waals surface area (Å²) in [5.41, 5.74) is -4.08. The number of phenolic OH excluding ortho intramolecular Hbond substituents is 3. The highest BCUT2D eigenvalue weighted by Gasteiger charge is 2.52. The van der Waals surface area contributed by atoms with E-state index in [1.165, 1.54) is 18.2 Å². The van der Waals surface area contributed by atoms with Crippen LogP contribution in [0.1, 0.15) is 115 Å². The summed E-state index contributed by atoms with van der Waals surface area (Å²) in [6, 6.07) is 3.52. The number of carbonyl (C=O) groups excluding carboxylic acids is 2. The average molecular weight is 804 g/mol.